The SMILES string of the molecule is Cc1nc(C)c(CCC(=O)Nc2ccccc2N2CCCC2)c(=O)[nH]1. The largest absolute Gasteiger partial charge is 0.370 e. The first kappa shape index (κ1) is 17.2. The molecule has 1 aromatic heterocycles. The second-order valence-electron chi connectivity index (χ2n) is 6.47. The molecule has 0 bridgehead atoms. The van der Waals surface area contributed by atoms with Gasteiger partial charge in [0.25, 0.3) is 5.56 Å². The zero-order chi connectivity index (χ0) is 17.8. The van der Waals surface area contributed by atoms with Crippen LogP contribution in [0.2, 0.25) is 0 Å². The van der Waals surface area contributed by atoms with Gasteiger partial charge in [-0.15, -0.1) is 0 Å². The maximum Gasteiger partial charge on any atom is 0.254 e. The Morgan fingerprint density at radius 3 is 2.68 bits per heavy atom. The summed E-state index contributed by atoms with van der Waals surface area (Å²) in [4.78, 5) is 33.7. The minimum atomic E-state index is -0.157. The minimum absolute atomic E-state index is 0.0916. The van der Waals surface area contributed by atoms with Gasteiger partial charge in [0, 0.05) is 30.8 Å². The van der Waals surface area contributed by atoms with Crippen molar-refractivity contribution in [2.45, 2.75) is 39.5 Å². The number of aromatic amines is 1. The Balaban J connectivity index is 1.67. The number of rotatable bonds is 5. The van der Waals surface area contributed by atoms with E-state index in [9.17, 15) is 9.59 Å². The van der Waals surface area contributed by atoms with E-state index in [1.807, 2.05) is 24.3 Å². The Kier molecular flexibility index (Phi) is 5.16. The van der Waals surface area contributed by atoms with Crippen LogP contribution in [0.25, 0.3) is 0 Å². The van der Waals surface area contributed by atoms with E-state index in [0.717, 1.165) is 24.5 Å². The third-order valence-electron chi connectivity index (χ3n) is 4.57. The van der Waals surface area contributed by atoms with Crippen LogP contribution < -0.4 is 15.8 Å². The second kappa shape index (κ2) is 7.51. The number of benzene rings is 1. The highest BCUT2D eigenvalue weighted by molar-refractivity contribution is 5.94. The average Bonchev–Trinajstić information content (AvgIpc) is 3.08. The van der Waals surface area contributed by atoms with Crippen molar-refractivity contribution in [3.63, 3.8) is 0 Å². The number of carbonyl (C=O) groups excluding carboxylic acids is 1. The Hall–Kier alpha value is -2.63. The van der Waals surface area contributed by atoms with Gasteiger partial charge in [-0.3, -0.25) is 9.59 Å². The smallest absolute Gasteiger partial charge is 0.254 e. The topological polar surface area (TPSA) is 78.1 Å². The summed E-state index contributed by atoms with van der Waals surface area (Å²) >= 11 is 0. The van der Waals surface area contributed by atoms with Crippen molar-refractivity contribution in [1.29, 1.82) is 0 Å². The molecule has 0 spiro atoms. The predicted octanol–water partition coefficient (Wildman–Crippen LogP) is 2.56. The maximum atomic E-state index is 12.4. The van der Waals surface area contributed by atoms with Gasteiger partial charge >= 0.3 is 0 Å². The number of nitrogens with one attached hydrogen (secondary N) is 2. The van der Waals surface area contributed by atoms with E-state index in [4.69, 9.17) is 0 Å². The van der Waals surface area contributed by atoms with Crippen LogP contribution in [0.1, 0.15) is 36.3 Å². The highest BCUT2D eigenvalue weighted by Gasteiger charge is 2.17. The first-order valence-corrected chi connectivity index (χ1v) is 8.75. The second-order valence-corrected chi connectivity index (χ2v) is 6.47. The van der Waals surface area contributed by atoms with Crippen LogP contribution in [0, 0.1) is 13.8 Å². The summed E-state index contributed by atoms with van der Waals surface area (Å²) in [6.45, 7) is 5.60. The first-order valence-electron chi connectivity index (χ1n) is 8.75. The van der Waals surface area contributed by atoms with Crippen LogP contribution in [-0.2, 0) is 11.2 Å². The summed E-state index contributed by atoms with van der Waals surface area (Å²) in [5.41, 5.74) is 3.01. The highest BCUT2D eigenvalue weighted by atomic mass is 16.1. The molecule has 1 aliphatic rings. The molecule has 2 aromatic rings. The molecule has 25 heavy (non-hydrogen) atoms. The standard InChI is InChI=1S/C19H24N4O2/c1-13-15(19(25)21-14(2)20-13)9-10-18(24)22-16-7-3-4-8-17(16)23-11-5-6-12-23/h3-4,7-8H,5-6,9-12H2,1-2H3,(H,22,24)(H,20,21,25). The zero-order valence-electron chi connectivity index (χ0n) is 14.8. The molecule has 6 nitrogen and oxygen atoms in total. The Bertz CT molecular complexity index is 822. The predicted molar refractivity (Wildman–Crippen MR) is 99.2 cm³/mol. The van der Waals surface area contributed by atoms with Gasteiger partial charge in [-0.05, 0) is 45.2 Å². The summed E-state index contributed by atoms with van der Waals surface area (Å²) < 4.78 is 0. The van der Waals surface area contributed by atoms with Crippen molar-refractivity contribution < 1.29 is 4.79 Å². The number of aryl methyl sites for hydroxylation is 2. The van der Waals surface area contributed by atoms with Crippen LogP contribution in [0.3, 0.4) is 0 Å². The van der Waals surface area contributed by atoms with Gasteiger partial charge in [-0.25, -0.2) is 4.98 Å². The number of para-hydroxylation sites is 2. The van der Waals surface area contributed by atoms with Crippen LogP contribution in [0.5, 0.6) is 0 Å². The molecule has 1 saturated heterocycles. The van der Waals surface area contributed by atoms with Crippen LogP contribution in [0.4, 0.5) is 11.4 Å². The summed E-state index contributed by atoms with van der Waals surface area (Å²) in [6, 6.07) is 7.88. The molecule has 1 fully saturated rings. The molecule has 2 N–H and O–H groups in total. The number of H-pyrrole nitrogens is 1. The summed E-state index contributed by atoms with van der Waals surface area (Å²) in [5.74, 6) is 0.501. The molecule has 0 unspecified atom stereocenters. The first-order chi connectivity index (χ1) is 12.0. The van der Waals surface area contributed by atoms with Gasteiger partial charge in [0.2, 0.25) is 5.91 Å². The third kappa shape index (κ3) is 4.07. The van der Waals surface area contributed by atoms with E-state index in [1.165, 1.54) is 12.8 Å². The van der Waals surface area contributed by atoms with E-state index in [2.05, 4.69) is 20.2 Å². The van der Waals surface area contributed by atoms with Gasteiger partial charge < -0.3 is 15.2 Å². The Morgan fingerprint density at radius 2 is 1.96 bits per heavy atom. The summed E-state index contributed by atoms with van der Waals surface area (Å²) in [7, 11) is 0. The van der Waals surface area contributed by atoms with Crippen molar-refractivity contribution in [2.24, 2.45) is 0 Å². The van der Waals surface area contributed by atoms with E-state index in [0.29, 0.717) is 23.5 Å². The fourth-order valence-corrected chi connectivity index (χ4v) is 3.31. The lowest BCUT2D eigenvalue weighted by molar-refractivity contribution is -0.116. The van der Waals surface area contributed by atoms with E-state index >= 15 is 0 Å². The minimum Gasteiger partial charge on any atom is -0.370 e. The van der Waals surface area contributed by atoms with Crippen LogP contribution >= 0.6 is 0 Å². The molecule has 0 radical (unpaired) electrons. The number of anilines is 2. The van der Waals surface area contributed by atoms with E-state index in [-0.39, 0.29) is 17.9 Å². The van der Waals surface area contributed by atoms with E-state index < -0.39 is 0 Å². The lowest BCUT2D eigenvalue weighted by atomic mass is 10.1. The van der Waals surface area contributed by atoms with Gasteiger partial charge in [-0.1, -0.05) is 12.1 Å². The quantitative estimate of drug-likeness (QED) is 0.877. The van der Waals surface area contributed by atoms with Crippen LogP contribution in [-0.4, -0.2) is 29.0 Å². The summed E-state index contributed by atoms with van der Waals surface area (Å²) in [5, 5.41) is 2.99. The van der Waals surface area contributed by atoms with Crippen molar-refractivity contribution in [3.8, 4) is 0 Å². The lowest BCUT2D eigenvalue weighted by Gasteiger charge is -2.21. The highest BCUT2D eigenvalue weighted by Crippen LogP contribution is 2.28. The number of hydrogen-bond donors (Lipinski definition) is 2. The molecule has 0 atom stereocenters. The number of amides is 1. The third-order valence-corrected chi connectivity index (χ3v) is 4.57. The van der Waals surface area contributed by atoms with Gasteiger partial charge in [0.1, 0.15) is 5.82 Å². The summed E-state index contributed by atoms with van der Waals surface area (Å²) in [6.07, 6.45) is 3.00. The Morgan fingerprint density at radius 1 is 1.24 bits per heavy atom. The fraction of sp³-hybridized carbons (Fsp3) is 0.421. The fourth-order valence-electron chi connectivity index (χ4n) is 3.31. The molecular weight excluding hydrogens is 316 g/mol. The molecule has 1 aromatic carbocycles. The monoisotopic (exact) mass is 340 g/mol. The molecule has 132 valence electrons. The molecular formula is C19H24N4O2. The van der Waals surface area contributed by atoms with Crippen molar-refractivity contribution >= 4 is 17.3 Å². The number of carbonyl (C=O) groups is 1. The van der Waals surface area contributed by atoms with Gasteiger partial charge in [0.15, 0.2) is 0 Å². The molecule has 3 rings (SSSR count). The van der Waals surface area contributed by atoms with Crippen molar-refractivity contribution in [3.05, 3.63) is 51.7 Å². The number of nitrogens with zero attached hydrogens (tertiary/aromatic N) is 2. The lowest BCUT2D eigenvalue weighted by Crippen LogP contribution is -2.22. The van der Waals surface area contributed by atoms with Crippen LogP contribution in [0.15, 0.2) is 29.1 Å². The molecule has 0 saturated carbocycles. The molecule has 6 heteroatoms. The molecule has 1 amide bonds. The van der Waals surface area contributed by atoms with Gasteiger partial charge in [-0.2, -0.15) is 0 Å². The Labute approximate surface area is 147 Å². The molecule has 0 aliphatic carbocycles. The van der Waals surface area contributed by atoms with Crippen molar-refractivity contribution in [2.75, 3.05) is 23.3 Å². The van der Waals surface area contributed by atoms with Crippen molar-refractivity contribution in [1.82, 2.24) is 9.97 Å². The average molecular weight is 340 g/mol. The maximum absolute atomic E-state index is 12.4. The molecule has 2 heterocycles. The normalized spacial score (nSPS) is 13.9. The van der Waals surface area contributed by atoms with Gasteiger partial charge in [0.05, 0.1) is 11.4 Å². The number of aromatic nitrogens is 2. The zero-order valence-corrected chi connectivity index (χ0v) is 14.8. The molecule has 1 aliphatic heterocycles. The number of hydrogen-bond acceptors (Lipinski definition) is 4. The van der Waals surface area contributed by atoms with E-state index in [1.54, 1.807) is 13.8 Å².